The second-order valence-corrected chi connectivity index (χ2v) is 14.7. The van der Waals surface area contributed by atoms with E-state index in [0.717, 1.165) is 71.7 Å². The van der Waals surface area contributed by atoms with Gasteiger partial charge in [0.2, 0.25) is 5.71 Å². The number of aromatic nitrogens is 2. The van der Waals surface area contributed by atoms with Crippen LogP contribution in [-0.2, 0) is 37.7 Å². The van der Waals surface area contributed by atoms with E-state index in [1.165, 1.54) is 33.4 Å². The van der Waals surface area contributed by atoms with Crippen LogP contribution < -0.4 is 4.57 Å². The van der Waals surface area contributed by atoms with E-state index in [2.05, 4.69) is 105 Å². The van der Waals surface area contributed by atoms with Crippen LogP contribution >= 0.6 is 0 Å². The molecule has 0 amide bonds. The Bertz CT molecular complexity index is 2170. The second-order valence-electron chi connectivity index (χ2n) is 14.7. The molecular formula is C46H55IrN2O3-. The number of benzene rings is 3. The molecule has 0 atom stereocenters. The fourth-order valence-electron chi connectivity index (χ4n) is 7.29. The molecule has 0 aliphatic heterocycles. The molecule has 1 N–H and O–H groups in total. The number of carbonyl (C=O) groups excluding carboxylic acids is 1. The van der Waals surface area contributed by atoms with Crippen LogP contribution in [0.1, 0.15) is 92.2 Å². The molecule has 6 rings (SSSR count). The first-order valence-corrected chi connectivity index (χ1v) is 18.9. The van der Waals surface area contributed by atoms with Crippen molar-refractivity contribution in [2.24, 2.45) is 23.7 Å². The van der Waals surface area contributed by atoms with Gasteiger partial charge in [-0.2, -0.15) is 0 Å². The monoisotopic (exact) mass is 876 g/mol. The van der Waals surface area contributed by atoms with Crippen LogP contribution in [0.3, 0.4) is 0 Å². The third-order valence-corrected chi connectivity index (χ3v) is 10.1. The molecule has 277 valence electrons. The van der Waals surface area contributed by atoms with Crippen molar-refractivity contribution in [3.05, 3.63) is 103 Å². The van der Waals surface area contributed by atoms with Gasteiger partial charge in [-0.1, -0.05) is 91.1 Å². The van der Waals surface area contributed by atoms with Gasteiger partial charge in [0.05, 0.1) is 11.3 Å². The van der Waals surface area contributed by atoms with Crippen LogP contribution in [0.15, 0.2) is 83.1 Å². The molecule has 0 saturated carbocycles. The number of allylic oxidation sites excluding steroid dienone is 2. The van der Waals surface area contributed by atoms with Crippen LogP contribution in [-0.4, -0.2) is 15.9 Å². The van der Waals surface area contributed by atoms with E-state index in [1.807, 2.05) is 33.8 Å². The fourth-order valence-corrected chi connectivity index (χ4v) is 7.29. The molecule has 1 radical (unpaired) electrons. The zero-order valence-electron chi connectivity index (χ0n) is 32.2. The number of ketones is 1. The number of nitrogens with zero attached hydrogens (tertiary/aromatic N) is 2. The first-order chi connectivity index (χ1) is 24.5. The number of aliphatic hydroxyl groups excluding tert-OH is 1. The van der Waals surface area contributed by atoms with Crippen molar-refractivity contribution in [2.45, 2.75) is 93.9 Å². The number of fused-ring (bicyclic) bond motifs is 6. The summed E-state index contributed by atoms with van der Waals surface area (Å²) in [5.74, 6) is 1.59. The van der Waals surface area contributed by atoms with Gasteiger partial charge in [-0.05, 0) is 96.5 Å². The molecular weight excluding hydrogens is 821 g/mol. The van der Waals surface area contributed by atoms with Crippen molar-refractivity contribution >= 4 is 49.5 Å². The van der Waals surface area contributed by atoms with E-state index >= 15 is 0 Å². The average molecular weight is 876 g/mol. The summed E-state index contributed by atoms with van der Waals surface area (Å²) in [5.41, 5.74) is 7.09. The molecule has 3 heterocycles. The van der Waals surface area contributed by atoms with E-state index in [0.29, 0.717) is 17.5 Å². The first-order valence-electron chi connectivity index (χ1n) is 18.9. The summed E-state index contributed by atoms with van der Waals surface area (Å²) in [6.45, 7) is 17.1. The van der Waals surface area contributed by atoms with Crippen molar-refractivity contribution in [1.29, 1.82) is 0 Å². The molecule has 6 aromatic rings. The molecule has 3 aromatic heterocycles. The Kier molecular flexibility index (Phi) is 14.2. The number of carbonyl (C=O) groups is 1. The van der Waals surface area contributed by atoms with E-state index in [4.69, 9.17) is 4.42 Å². The summed E-state index contributed by atoms with van der Waals surface area (Å²) in [6, 6.07) is 25.4. The minimum absolute atomic E-state index is 0. The molecule has 0 aliphatic carbocycles. The summed E-state index contributed by atoms with van der Waals surface area (Å²) >= 11 is 0. The predicted molar refractivity (Wildman–Crippen MR) is 213 cm³/mol. The van der Waals surface area contributed by atoms with Crippen LogP contribution in [0.5, 0.6) is 0 Å². The van der Waals surface area contributed by atoms with Gasteiger partial charge in [-0.25, -0.2) is 4.98 Å². The van der Waals surface area contributed by atoms with Crippen molar-refractivity contribution in [1.82, 2.24) is 4.98 Å². The topological polar surface area (TPSA) is 67.2 Å². The van der Waals surface area contributed by atoms with Gasteiger partial charge >= 0.3 is 0 Å². The first kappa shape index (κ1) is 40.8. The summed E-state index contributed by atoms with van der Waals surface area (Å²) in [7, 11) is 4.54. The molecule has 0 bridgehead atoms. The number of pyridine rings is 2. The van der Waals surface area contributed by atoms with Gasteiger partial charge in [0.1, 0.15) is 11.2 Å². The number of rotatable bonds is 12. The van der Waals surface area contributed by atoms with Gasteiger partial charge in [0.15, 0.2) is 5.78 Å². The zero-order valence-corrected chi connectivity index (χ0v) is 34.6. The minimum atomic E-state index is 0. The summed E-state index contributed by atoms with van der Waals surface area (Å²) in [4.78, 5) is 16.2. The van der Waals surface area contributed by atoms with Gasteiger partial charge in [0, 0.05) is 62.0 Å². The van der Waals surface area contributed by atoms with Gasteiger partial charge in [-0.15, -0.1) is 17.7 Å². The standard InChI is InChI=1S/C33H31N2O.C13H24O2.Ir/c1-20(2)15-22-17-27-26-11-8-14-34-33(26)36-32(27)28(18-22)30-19-24(16-21(3)4)31-25-10-7-6-9-23(25)12-13-29(31)35(30)5;1-5-10(6-2)12(14)9-13(15)11(7-3)8-4;/h6-14,17,19-21H,5,15-16H2,1-4H3;9-11,14H,5-8H2,1-4H3;/q-1;;/b;12-9-;. The Morgan fingerprint density at radius 3 is 2.17 bits per heavy atom. The maximum atomic E-state index is 11.7. The predicted octanol–water partition coefficient (Wildman–Crippen LogP) is 11.9. The van der Waals surface area contributed by atoms with E-state index in [-0.39, 0.29) is 43.5 Å². The largest absolute Gasteiger partial charge is 0.512 e. The quantitative estimate of drug-likeness (QED) is 0.0437. The Hall–Kier alpha value is -3.99. The SMILES string of the molecule is CCC(CC)C(=O)/C=C(\O)C(CC)CC.[CH2-][n+]1c(-c2[c-]c(CC(C)C)cc3c2oc2ncccc23)cc(CC(C)C)c2c3ccccc3ccc21.[Ir]. The molecule has 0 fully saturated rings. The molecule has 0 spiro atoms. The van der Waals surface area contributed by atoms with Crippen molar-refractivity contribution in [3.8, 4) is 11.3 Å². The van der Waals surface area contributed by atoms with E-state index in [9.17, 15) is 9.90 Å². The van der Waals surface area contributed by atoms with Crippen LogP contribution in [0.4, 0.5) is 0 Å². The van der Waals surface area contributed by atoms with Crippen molar-refractivity contribution in [2.75, 3.05) is 0 Å². The average Bonchev–Trinajstić information content (AvgIpc) is 3.48. The van der Waals surface area contributed by atoms with Crippen LogP contribution in [0, 0.1) is 36.8 Å². The third kappa shape index (κ3) is 8.78. The third-order valence-electron chi connectivity index (χ3n) is 10.1. The zero-order chi connectivity index (χ0) is 36.8. The molecule has 0 unspecified atom stereocenters. The normalized spacial score (nSPS) is 12.0. The number of hydrogen-bond donors (Lipinski definition) is 1. The molecule has 3 aromatic carbocycles. The molecule has 5 nitrogen and oxygen atoms in total. The fraction of sp³-hybridized carbons (Fsp3) is 0.391. The summed E-state index contributed by atoms with van der Waals surface area (Å²) < 4.78 is 8.44. The van der Waals surface area contributed by atoms with Crippen LogP contribution in [0.2, 0.25) is 0 Å². The molecule has 0 saturated heterocycles. The Balaban J connectivity index is 0.000000323. The second kappa shape index (κ2) is 18.2. The molecule has 0 aliphatic rings. The summed E-state index contributed by atoms with van der Waals surface area (Å²) in [6.07, 6.45) is 8.62. The van der Waals surface area contributed by atoms with Crippen molar-refractivity contribution < 1.29 is 39.0 Å². The maximum absolute atomic E-state index is 11.7. The number of aliphatic hydroxyl groups is 1. The van der Waals surface area contributed by atoms with Gasteiger partial charge in [-0.3, -0.25) is 4.79 Å². The molecule has 52 heavy (non-hydrogen) atoms. The van der Waals surface area contributed by atoms with E-state index < -0.39 is 0 Å². The Labute approximate surface area is 323 Å². The van der Waals surface area contributed by atoms with Crippen LogP contribution in [0.25, 0.3) is 55.0 Å². The smallest absolute Gasteiger partial charge is 0.216 e. The van der Waals surface area contributed by atoms with Gasteiger partial charge in [0.25, 0.3) is 0 Å². The Morgan fingerprint density at radius 1 is 0.865 bits per heavy atom. The number of furan rings is 1. The van der Waals surface area contributed by atoms with Crippen molar-refractivity contribution in [3.63, 3.8) is 0 Å². The molecule has 6 heteroatoms. The van der Waals surface area contributed by atoms with E-state index in [1.54, 1.807) is 6.20 Å². The maximum Gasteiger partial charge on any atom is 0.216 e. The Morgan fingerprint density at radius 2 is 1.52 bits per heavy atom. The summed E-state index contributed by atoms with van der Waals surface area (Å²) in [5, 5.41) is 15.7. The number of hydrogen-bond acceptors (Lipinski definition) is 4. The van der Waals surface area contributed by atoms with Gasteiger partial charge < -0.3 is 14.1 Å². The minimum Gasteiger partial charge on any atom is -0.512 e.